The first-order chi connectivity index (χ1) is 15.3. The average molecular weight is 483 g/mol. The maximum atomic E-state index is 13.7. The van der Waals surface area contributed by atoms with Crippen LogP contribution < -0.4 is 5.73 Å². The largest absolute Gasteiger partial charge is 0.390 e. The van der Waals surface area contributed by atoms with Gasteiger partial charge in [0.15, 0.2) is 5.78 Å². The molecule has 0 bridgehead atoms. The SMILES string of the molecule is CC(C)(C)CN(Cc1c(-c2ccccc2)sc(N)c1C(=O)c1ccc(Cl)cc1)CC(C)(C)C. The number of nitrogens with zero attached hydrogens (tertiary/aromatic N) is 1. The van der Waals surface area contributed by atoms with Crippen molar-refractivity contribution in [1.82, 2.24) is 4.90 Å². The van der Waals surface area contributed by atoms with Crippen molar-refractivity contribution in [2.45, 2.75) is 48.1 Å². The van der Waals surface area contributed by atoms with Gasteiger partial charge in [0.25, 0.3) is 0 Å². The van der Waals surface area contributed by atoms with Crippen LogP contribution in [0.5, 0.6) is 0 Å². The van der Waals surface area contributed by atoms with E-state index in [1.54, 1.807) is 24.3 Å². The van der Waals surface area contributed by atoms with Gasteiger partial charge in [-0.1, -0.05) is 83.5 Å². The lowest BCUT2D eigenvalue weighted by molar-refractivity contribution is 0.103. The summed E-state index contributed by atoms with van der Waals surface area (Å²) in [5.74, 6) is -0.0518. The van der Waals surface area contributed by atoms with E-state index in [4.69, 9.17) is 17.3 Å². The van der Waals surface area contributed by atoms with Crippen LogP contribution in [-0.2, 0) is 6.54 Å². The summed E-state index contributed by atoms with van der Waals surface area (Å²) in [6.45, 7) is 16.0. The van der Waals surface area contributed by atoms with Gasteiger partial charge in [-0.3, -0.25) is 9.69 Å². The van der Waals surface area contributed by atoms with Gasteiger partial charge in [-0.05, 0) is 46.2 Å². The molecule has 1 aromatic heterocycles. The lowest BCUT2D eigenvalue weighted by Crippen LogP contribution is -2.38. The molecule has 0 radical (unpaired) electrons. The van der Waals surface area contributed by atoms with Crippen molar-refractivity contribution >= 4 is 33.7 Å². The molecule has 3 aromatic rings. The first kappa shape index (κ1) is 25.5. The molecule has 0 spiro atoms. The molecule has 0 saturated carbocycles. The summed E-state index contributed by atoms with van der Waals surface area (Å²) < 4.78 is 0. The average Bonchev–Trinajstić information content (AvgIpc) is 3.02. The van der Waals surface area contributed by atoms with Gasteiger partial charge >= 0.3 is 0 Å². The van der Waals surface area contributed by atoms with Crippen LogP contribution in [0, 0.1) is 10.8 Å². The lowest BCUT2D eigenvalue weighted by Gasteiger charge is -2.35. The highest BCUT2D eigenvalue weighted by Crippen LogP contribution is 2.41. The van der Waals surface area contributed by atoms with Crippen molar-refractivity contribution in [3.63, 3.8) is 0 Å². The number of nitrogens with two attached hydrogens (primary N) is 1. The molecule has 0 saturated heterocycles. The number of benzene rings is 2. The first-order valence-electron chi connectivity index (χ1n) is 11.3. The van der Waals surface area contributed by atoms with Crippen molar-refractivity contribution in [3.8, 4) is 10.4 Å². The van der Waals surface area contributed by atoms with Gasteiger partial charge < -0.3 is 5.73 Å². The van der Waals surface area contributed by atoms with E-state index >= 15 is 0 Å². The zero-order valence-electron chi connectivity index (χ0n) is 20.5. The van der Waals surface area contributed by atoms with Gasteiger partial charge in [0.05, 0.1) is 10.6 Å². The minimum Gasteiger partial charge on any atom is -0.390 e. The standard InChI is InChI=1S/C28H35ClN2OS/c1-27(2,3)17-31(18-28(4,5)6)16-22-23(24(32)19-12-14-21(29)15-13-19)26(30)33-25(22)20-10-8-7-9-11-20/h7-15H,16-18,30H2,1-6H3. The zero-order chi connectivity index (χ0) is 24.4. The maximum Gasteiger partial charge on any atom is 0.196 e. The van der Waals surface area contributed by atoms with Crippen LogP contribution in [0.1, 0.15) is 63.0 Å². The summed E-state index contributed by atoms with van der Waals surface area (Å²) in [6, 6.07) is 17.3. The Balaban J connectivity index is 2.13. The first-order valence-corrected chi connectivity index (χ1v) is 12.5. The Kier molecular flexibility index (Phi) is 7.73. The highest BCUT2D eigenvalue weighted by Gasteiger charge is 2.28. The minimum atomic E-state index is -0.0518. The highest BCUT2D eigenvalue weighted by molar-refractivity contribution is 7.20. The molecule has 2 aromatic carbocycles. The molecule has 0 unspecified atom stereocenters. The molecule has 0 aliphatic carbocycles. The summed E-state index contributed by atoms with van der Waals surface area (Å²) in [6.07, 6.45) is 0. The molecule has 0 aliphatic heterocycles. The van der Waals surface area contributed by atoms with Crippen LogP contribution in [0.15, 0.2) is 54.6 Å². The van der Waals surface area contributed by atoms with E-state index in [1.165, 1.54) is 11.3 Å². The van der Waals surface area contributed by atoms with Gasteiger partial charge in [0.2, 0.25) is 0 Å². The number of anilines is 1. The Morgan fingerprint density at radius 3 is 1.97 bits per heavy atom. The summed E-state index contributed by atoms with van der Waals surface area (Å²) in [5.41, 5.74) is 10.1. The van der Waals surface area contributed by atoms with Crippen LogP contribution in [0.4, 0.5) is 5.00 Å². The maximum absolute atomic E-state index is 13.7. The number of thiophene rings is 1. The van der Waals surface area contributed by atoms with Crippen LogP contribution in [0.3, 0.4) is 0 Å². The van der Waals surface area contributed by atoms with Gasteiger partial charge in [-0.25, -0.2) is 0 Å². The second-order valence-corrected chi connectivity index (χ2v) is 12.6. The van der Waals surface area contributed by atoms with Crippen molar-refractivity contribution in [2.75, 3.05) is 18.8 Å². The third kappa shape index (κ3) is 6.92. The Morgan fingerprint density at radius 1 is 0.909 bits per heavy atom. The third-order valence-electron chi connectivity index (χ3n) is 5.18. The molecule has 0 amide bonds. The lowest BCUT2D eigenvalue weighted by atomic mass is 9.91. The quantitative estimate of drug-likeness (QED) is 0.350. The van der Waals surface area contributed by atoms with Crippen molar-refractivity contribution < 1.29 is 4.79 Å². The molecule has 3 rings (SSSR count). The van der Waals surface area contributed by atoms with Crippen molar-refractivity contribution in [3.05, 3.63) is 76.3 Å². The molecule has 1 heterocycles. The molecular formula is C28H35ClN2OS. The fourth-order valence-corrected chi connectivity index (χ4v) is 5.39. The van der Waals surface area contributed by atoms with Gasteiger partial charge in [0, 0.05) is 35.1 Å². The van der Waals surface area contributed by atoms with E-state index in [2.05, 4.69) is 58.6 Å². The monoisotopic (exact) mass is 482 g/mol. The third-order valence-corrected chi connectivity index (χ3v) is 6.54. The van der Waals surface area contributed by atoms with E-state index in [9.17, 15) is 4.79 Å². The number of carbonyl (C=O) groups is 1. The Morgan fingerprint density at radius 2 is 1.45 bits per heavy atom. The molecule has 176 valence electrons. The zero-order valence-corrected chi connectivity index (χ0v) is 22.1. The number of rotatable bonds is 7. The number of hydrogen-bond acceptors (Lipinski definition) is 4. The second kappa shape index (κ2) is 10.0. The van der Waals surface area contributed by atoms with E-state index < -0.39 is 0 Å². The van der Waals surface area contributed by atoms with E-state index in [-0.39, 0.29) is 16.6 Å². The summed E-state index contributed by atoms with van der Waals surface area (Å²) >= 11 is 7.56. The molecule has 5 heteroatoms. The molecule has 2 N–H and O–H groups in total. The Hall–Kier alpha value is -2.14. The number of hydrogen-bond donors (Lipinski definition) is 1. The molecule has 0 aliphatic rings. The number of nitrogen functional groups attached to an aromatic ring is 1. The van der Waals surface area contributed by atoms with Crippen molar-refractivity contribution in [2.24, 2.45) is 10.8 Å². The van der Waals surface area contributed by atoms with Crippen LogP contribution in [0.25, 0.3) is 10.4 Å². The van der Waals surface area contributed by atoms with Crippen LogP contribution in [-0.4, -0.2) is 23.8 Å². The van der Waals surface area contributed by atoms with E-state index in [1.807, 2.05) is 18.2 Å². The van der Waals surface area contributed by atoms with Gasteiger partial charge in [-0.2, -0.15) is 0 Å². The molecule has 33 heavy (non-hydrogen) atoms. The fourth-order valence-electron chi connectivity index (χ4n) is 4.19. The Labute approximate surface area is 207 Å². The predicted octanol–water partition coefficient (Wildman–Crippen LogP) is 7.78. The molecular weight excluding hydrogens is 448 g/mol. The second-order valence-electron chi connectivity index (χ2n) is 11.1. The topological polar surface area (TPSA) is 46.3 Å². The summed E-state index contributed by atoms with van der Waals surface area (Å²) in [5, 5.41) is 1.17. The Bertz CT molecular complexity index is 1070. The van der Waals surface area contributed by atoms with Gasteiger partial charge in [0.1, 0.15) is 0 Å². The minimum absolute atomic E-state index is 0.0518. The van der Waals surface area contributed by atoms with Crippen LogP contribution >= 0.6 is 22.9 Å². The highest BCUT2D eigenvalue weighted by atomic mass is 35.5. The van der Waals surface area contributed by atoms with E-state index in [0.29, 0.717) is 27.7 Å². The molecule has 3 nitrogen and oxygen atoms in total. The molecule has 0 atom stereocenters. The smallest absolute Gasteiger partial charge is 0.196 e. The van der Waals surface area contributed by atoms with Crippen LogP contribution in [0.2, 0.25) is 5.02 Å². The summed E-state index contributed by atoms with van der Waals surface area (Å²) in [7, 11) is 0. The molecule has 0 fully saturated rings. The fraction of sp³-hybridized carbons (Fsp3) is 0.393. The number of ketones is 1. The number of carbonyl (C=O) groups excluding carboxylic acids is 1. The number of halogens is 1. The summed E-state index contributed by atoms with van der Waals surface area (Å²) in [4.78, 5) is 17.2. The van der Waals surface area contributed by atoms with Crippen molar-refractivity contribution in [1.29, 1.82) is 0 Å². The predicted molar refractivity (Wildman–Crippen MR) is 143 cm³/mol. The normalized spacial score (nSPS) is 12.4. The van der Waals surface area contributed by atoms with E-state index in [0.717, 1.165) is 29.1 Å². The van der Waals surface area contributed by atoms with Gasteiger partial charge in [-0.15, -0.1) is 11.3 Å².